The predicted molar refractivity (Wildman–Crippen MR) is 127 cm³/mol. The molecule has 3 aromatic rings. The molecule has 3 aromatic carbocycles. The van der Waals surface area contributed by atoms with E-state index in [0.717, 1.165) is 11.6 Å². The molecule has 0 heterocycles. The highest BCUT2D eigenvalue weighted by Crippen LogP contribution is 2.18. The number of ether oxygens (including phenoxy) is 1. The Kier molecular flexibility index (Phi) is 8.66. The summed E-state index contributed by atoms with van der Waals surface area (Å²) in [6.45, 7) is 0.667. The summed E-state index contributed by atoms with van der Waals surface area (Å²) >= 11 is 0. The summed E-state index contributed by atoms with van der Waals surface area (Å²) in [7, 11) is 0. The van der Waals surface area contributed by atoms with Gasteiger partial charge in [-0.2, -0.15) is 0 Å². The number of para-hydroxylation sites is 1. The number of rotatable bonds is 9. The number of amides is 3. The lowest BCUT2D eigenvalue weighted by molar-refractivity contribution is -0.146. The molecule has 1 unspecified atom stereocenters. The number of anilines is 1. The molecule has 0 saturated carbocycles. The first-order chi connectivity index (χ1) is 16.8. The van der Waals surface area contributed by atoms with Crippen LogP contribution in [0.2, 0.25) is 0 Å². The van der Waals surface area contributed by atoms with Crippen molar-refractivity contribution in [3.63, 3.8) is 0 Å². The van der Waals surface area contributed by atoms with Crippen molar-refractivity contribution in [3.05, 3.63) is 101 Å². The third-order valence-corrected chi connectivity index (χ3v) is 4.97. The number of carbonyl (C=O) groups is 4. The van der Waals surface area contributed by atoms with Gasteiger partial charge in [-0.15, -0.1) is 0 Å². The fraction of sp³-hybridized carbons (Fsp3) is 0.154. The summed E-state index contributed by atoms with van der Waals surface area (Å²) in [5.74, 6) is -3.44. The van der Waals surface area contributed by atoms with Crippen molar-refractivity contribution in [2.45, 2.75) is 13.0 Å². The fourth-order valence-corrected chi connectivity index (χ4v) is 3.17. The summed E-state index contributed by atoms with van der Waals surface area (Å²) in [5, 5.41) is 7.65. The lowest BCUT2D eigenvalue weighted by atomic mass is 10.1. The average molecular weight is 477 g/mol. The van der Waals surface area contributed by atoms with Crippen LogP contribution in [0.4, 0.5) is 10.1 Å². The maximum Gasteiger partial charge on any atom is 0.325 e. The zero-order chi connectivity index (χ0) is 25.2. The summed E-state index contributed by atoms with van der Waals surface area (Å²) in [5.41, 5.74) is 1.21. The number of hydrogen-bond donors (Lipinski definition) is 3. The lowest BCUT2D eigenvalue weighted by Gasteiger charge is -2.16. The maximum absolute atomic E-state index is 13.6. The second kappa shape index (κ2) is 12.1. The van der Waals surface area contributed by atoms with E-state index in [1.165, 1.54) is 18.2 Å². The zero-order valence-corrected chi connectivity index (χ0v) is 18.9. The molecule has 0 saturated heterocycles. The van der Waals surface area contributed by atoms with Gasteiger partial charge in [0.25, 0.3) is 17.7 Å². The van der Waals surface area contributed by atoms with E-state index in [9.17, 15) is 23.6 Å². The number of nitrogens with one attached hydrogen (secondary N) is 3. The van der Waals surface area contributed by atoms with Crippen molar-refractivity contribution >= 4 is 29.4 Å². The third kappa shape index (κ3) is 7.23. The summed E-state index contributed by atoms with van der Waals surface area (Å²) in [4.78, 5) is 48.9. The van der Waals surface area contributed by atoms with Crippen LogP contribution in [0.5, 0.6) is 0 Å². The van der Waals surface area contributed by atoms with E-state index in [-0.39, 0.29) is 28.8 Å². The van der Waals surface area contributed by atoms with E-state index in [1.54, 1.807) is 24.3 Å². The van der Waals surface area contributed by atoms with Crippen LogP contribution in [0, 0.1) is 5.82 Å². The molecule has 180 valence electrons. The van der Waals surface area contributed by atoms with Crippen molar-refractivity contribution < 1.29 is 28.3 Å². The first kappa shape index (κ1) is 25.1. The maximum atomic E-state index is 13.6. The molecule has 0 aliphatic carbocycles. The molecule has 1 atom stereocenters. The fourth-order valence-electron chi connectivity index (χ4n) is 3.17. The molecule has 9 heteroatoms. The standard InChI is InChI=1S/C26H24FN3O5/c1-17(18-9-3-2-4-10-18)29-26(34)20-12-6-8-14-22(20)30-23(31)16-35-24(32)15-28-25(33)19-11-5-7-13-21(19)27/h2-14,17H,15-16H2,1H3,(H,28,33)(H,29,34)(H,30,31). The topological polar surface area (TPSA) is 114 Å². The molecule has 3 rings (SSSR count). The van der Waals surface area contributed by atoms with Crippen molar-refractivity contribution in [2.75, 3.05) is 18.5 Å². The van der Waals surface area contributed by atoms with E-state index >= 15 is 0 Å². The number of carbonyl (C=O) groups excluding carboxylic acids is 4. The number of halogens is 1. The monoisotopic (exact) mass is 477 g/mol. The van der Waals surface area contributed by atoms with Crippen molar-refractivity contribution in [1.82, 2.24) is 10.6 Å². The molecule has 0 bridgehead atoms. The van der Waals surface area contributed by atoms with Crippen LogP contribution in [0.3, 0.4) is 0 Å². The van der Waals surface area contributed by atoms with Gasteiger partial charge in [0.15, 0.2) is 6.61 Å². The lowest BCUT2D eigenvalue weighted by Crippen LogP contribution is -2.33. The van der Waals surface area contributed by atoms with Crippen LogP contribution in [-0.4, -0.2) is 36.8 Å². The van der Waals surface area contributed by atoms with Crippen LogP contribution in [0.1, 0.15) is 39.2 Å². The Morgan fingerprint density at radius 2 is 1.46 bits per heavy atom. The van der Waals surface area contributed by atoms with E-state index < -0.39 is 36.8 Å². The van der Waals surface area contributed by atoms with Gasteiger partial charge >= 0.3 is 5.97 Å². The molecule has 8 nitrogen and oxygen atoms in total. The minimum atomic E-state index is -0.882. The van der Waals surface area contributed by atoms with Crippen molar-refractivity contribution in [2.24, 2.45) is 0 Å². The Labute approximate surface area is 201 Å². The average Bonchev–Trinajstić information content (AvgIpc) is 2.87. The SMILES string of the molecule is CC(NC(=O)c1ccccc1NC(=O)COC(=O)CNC(=O)c1ccccc1F)c1ccccc1. The van der Waals surface area contributed by atoms with E-state index in [2.05, 4.69) is 16.0 Å². The minimum Gasteiger partial charge on any atom is -0.454 e. The second-order valence-corrected chi connectivity index (χ2v) is 7.52. The van der Waals surface area contributed by atoms with E-state index in [1.807, 2.05) is 37.3 Å². The molecule has 0 aromatic heterocycles. The molecule has 3 amide bonds. The molecule has 0 aliphatic heterocycles. The smallest absolute Gasteiger partial charge is 0.325 e. The number of esters is 1. The normalized spacial score (nSPS) is 11.1. The minimum absolute atomic E-state index is 0.213. The van der Waals surface area contributed by atoms with Crippen LogP contribution in [0.15, 0.2) is 78.9 Å². The first-order valence-corrected chi connectivity index (χ1v) is 10.8. The number of hydrogen-bond acceptors (Lipinski definition) is 5. The molecule has 0 aliphatic rings. The highest BCUT2D eigenvalue weighted by atomic mass is 19.1. The molecule has 0 radical (unpaired) electrons. The van der Waals surface area contributed by atoms with Gasteiger partial charge in [-0.05, 0) is 36.8 Å². The first-order valence-electron chi connectivity index (χ1n) is 10.8. The van der Waals surface area contributed by atoms with Gasteiger partial charge in [0, 0.05) is 0 Å². The van der Waals surface area contributed by atoms with Gasteiger partial charge < -0.3 is 20.7 Å². The van der Waals surface area contributed by atoms with Gasteiger partial charge in [0.2, 0.25) is 0 Å². The summed E-state index contributed by atoms with van der Waals surface area (Å²) < 4.78 is 18.5. The summed E-state index contributed by atoms with van der Waals surface area (Å²) in [6, 6.07) is 20.9. The molecule has 0 spiro atoms. The Morgan fingerprint density at radius 3 is 2.17 bits per heavy atom. The number of benzene rings is 3. The molecule has 0 fully saturated rings. The van der Waals surface area contributed by atoms with Crippen LogP contribution in [0.25, 0.3) is 0 Å². The summed E-state index contributed by atoms with van der Waals surface area (Å²) in [6.07, 6.45) is 0. The third-order valence-electron chi connectivity index (χ3n) is 4.97. The van der Waals surface area contributed by atoms with Crippen LogP contribution >= 0.6 is 0 Å². The highest BCUT2D eigenvalue weighted by molar-refractivity contribution is 6.04. The van der Waals surface area contributed by atoms with Gasteiger partial charge in [-0.1, -0.05) is 54.6 Å². The molecule has 3 N–H and O–H groups in total. The Morgan fingerprint density at radius 1 is 0.829 bits per heavy atom. The van der Waals surface area contributed by atoms with Gasteiger partial charge in [0.05, 0.1) is 22.9 Å². The molecular weight excluding hydrogens is 453 g/mol. The predicted octanol–water partition coefficient (Wildman–Crippen LogP) is 3.23. The Balaban J connectivity index is 1.50. The largest absolute Gasteiger partial charge is 0.454 e. The van der Waals surface area contributed by atoms with Gasteiger partial charge in [0.1, 0.15) is 12.4 Å². The molecular formula is C26H24FN3O5. The van der Waals surface area contributed by atoms with Gasteiger partial charge in [-0.25, -0.2) is 4.39 Å². The van der Waals surface area contributed by atoms with E-state index in [0.29, 0.717) is 0 Å². The van der Waals surface area contributed by atoms with Crippen LogP contribution in [-0.2, 0) is 14.3 Å². The Hall–Kier alpha value is -4.53. The Bertz CT molecular complexity index is 1220. The van der Waals surface area contributed by atoms with Gasteiger partial charge in [-0.3, -0.25) is 19.2 Å². The van der Waals surface area contributed by atoms with Crippen molar-refractivity contribution in [1.29, 1.82) is 0 Å². The zero-order valence-electron chi connectivity index (χ0n) is 18.9. The van der Waals surface area contributed by atoms with E-state index in [4.69, 9.17) is 4.74 Å². The molecule has 35 heavy (non-hydrogen) atoms. The highest BCUT2D eigenvalue weighted by Gasteiger charge is 2.17. The van der Waals surface area contributed by atoms with Crippen LogP contribution < -0.4 is 16.0 Å². The second-order valence-electron chi connectivity index (χ2n) is 7.52. The van der Waals surface area contributed by atoms with Crippen molar-refractivity contribution in [3.8, 4) is 0 Å². The quantitative estimate of drug-likeness (QED) is 0.410.